The Morgan fingerprint density at radius 3 is 2.56 bits per heavy atom. The van der Waals surface area contributed by atoms with Crippen molar-refractivity contribution in [3.8, 4) is 23.1 Å². The number of aromatic amines is 1. The molecular weight excluding hydrogens is 318 g/mol. The van der Waals surface area contributed by atoms with Gasteiger partial charge in [-0.1, -0.05) is 30.3 Å². The minimum atomic E-state index is -0.488. The van der Waals surface area contributed by atoms with Crippen molar-refractivity contribution in [1.29, 1.82) is 5.26 Å². The highest BCUT2D eigenvalue weighted by atomic mass is 16.6. The zero-order valence-electron chi connectivity index (χ0n) is 13.3. The predicted octanol–water partition coefficient (Wildman–Crippen LogP) is 3.18. The number of ether oxygens (including phenoxy) is 2. The molecule has 124 valence electrons. The van der Waals surface area contributed by atoms with E-state index in [1.54, 1.807) is 30.3 Å². The standard InChI is InChI=1S/C19H15N3O3/c20-13-14-6-8-16(9-7-14)24-10-11-25-19(23)18-12-17(21-22-18)15-4-2-1-3-5-15/h1-9,12H,10-11H2,(H,21,22). The molecule has 0 bridgehead atoms. The Hall–Kier alpha value is -3.59. The van der Waals surface area contributed by atoms with Gasteiger partial charge in [0.15, 0.2) is 0 Å². The Morgan fingerprint density at radius 1 is 1.08 bits per heavy atom. The van der Waals surface area contributed by atoms with Crippen LogP contribution in [0.5, 0.6) is 5.75 Å². The minimum absolute atomic E-state index is 0.110. The van der Waals surface area contributed by atoms with Gasteiger partial charge >= 0.3 is 5.97 Å². The third-order valence-corrected chi connectivity index (χ3v) is 3.44. The SMILES string of the molecule is N#Cc1ccc(OCCOC(=O)c2cc(-c3ccccc3)n[nH]2)cc1. The van der Waals surface area contributed by atoms with Crippen LogP contribution in [0.4, 0.5) is 0 Å². The fourth-order valence-corrected chi connectivity index (χ4v) is 2.18. The normalized spacial score (nSPS) is 10.0. The molecule has 0 saturated carbocycles. The van der Waals surface area contributed by atoms with Gasteiger partial charge < -0.3 is 9.47 Å². The summed E-state index contributed by atoms with van der Waals surface area (Å²) in [4.78, 5) is 12.0. The largest absolute Gasteiger partial charge is 0.490 e. The molecule has 2 aromatic carbocycles. The van der Waals surface area contributed by atoms with Crippen molar-refractivity contribution in [2.24, 2.45) is 0 Å². The van der Waals surface area contributed by atoms with Gasteiger partial charge in [-0.3, -0.25) is 5.10 Å². The number of nitrogens with one attached hydrogen (secondary N) is 1. The first kappa shape index (κ1) is 16.3. The monoisotopic (exact) mass is 333 g/mol. The lowest BCUT2D eigenvalue weighted by Crippen LogP contribution is -2.12. The lowest BCUT2D eigenvalue weighted by Gasteiger charge is -2.06. The molecule has 0 aliphatic heterocycles. The van der Waals surface area contributed by atoms with E-state index in [2.05, 4.69) is 10.2 Å². The molecular formula is C19H15N3O3. The summed E-state index contributed by atoms with van der Waals surface area (Å²) in [5, 5.41) is 15.5. The van der Waals surface area contributed by atoms with Crippen molar-refractivity contribution in [2.75, 3.05) is 13.2 Å². The van der Waals surface area contributed by atoms with Crippen LogP contribution in [0.2, 0.25) is 0 Å². The number of H-pyrrole nitrogens is 1. The van der Waals surface area contributed by atoms with Crippen LogP contribution in [0.3, 0.4) is 0 Å². The molecule has 1 heterocycles. The summed E-state index contributed by atoms with van der Waals surface area (Å²) < 4.78 is 10.6. The van der Waals surface area contributed by atoms with E-state index in [0.717, 1.165) is 5.56 Å². The van der Waals surface area contributed by atoms with Crippen molar-refractivity contribution in [3.05, 3.63) is 71.9 Å². The van der Waals surface area contributed by atoms with Crippen LogP contribution in [0.25, 0.3) is 11.3 Å². The molecule has 3 rings (SSSR count). The lowest BCUT2D eigenvalue weighted by atomic mass is 10.1. The number of nitrogens with zero attached hydrogens (tertiary/aromatic N) is 2. The topological polar surface area (TPSA) is 88.0 Å². The Labute approximate surface area is 144 Å². The van der Waals surface area contributed by atoms with Crippen molar-refractivity contribution in [1.82, 2.24) is 10.2 Å². The third kappa shape index (κ3) is 4.24. The van der Waals surface area contributed by atoms with Gasteiger partial charge in [-0.05, 0) is 30.3 Å². The molecule has 3 aromatic rings. The molecule has 0 fully saturated rings. The predicted molar refractivity (Wildman–Crippen MR) is 91.0 cm³/mol. The molecule has 0 aliphatic carbocycles. The highest BCUT2D eigenvalue weighted by Gasteiger charge is 2.12. The Bertz CT molecular complexity index is 880. The summed E-state index contributed by atoms with van der Waals surface area (Å²) in [6.07, 6.45) is 0. The van der Waals surface area contributed by atoms with Crippen LogP contribution in [0, 0.1) is 11.3 Å². The van der Waals surface area contributed by atoms with Crippen LogP contribution >= 0.6 is 0 Å². The zero-order chi connectivity index (χ0) is 17.5. The first-order chi connectivity index (χ1) is 12.3. The maximum absolute atomic E-state index is 12.0. The van der Waals surface area contributed by atoms with Crippen molar-refractivity contribution < 1.29 is 14.3 Å². The summed E-state index contributed by atoms with van der Waals surface area (Å²) in [5.74, 6) is 0.126. The van der Waals surface area contributed by atoms with E-state index in [1.165, 1.54) is 0 Å². The number of rotatable bonds is 6. The Balaban J connectivity index is 1.48. The summed E-state index contributed by atoms with van der Waals surface area (Å²) in [6, 6.07) is 20.0. The molecule has 6 nitrogen and oxygen atoms in total. The van der Waals surface area contributed by atoms with Crippen molar-refractivity contribution in [2.45, 2.75) is 0 Å². The van der Waals surface area contributed by atoms with Crippen molar-refractivity contribution in [3.63, 3.8) is 0 Å². The molecule has 0 amide bonds. The average molecular weight is 333 g/mol. The van der Waals surface area contributed by atoms with Gasteiger partial charge in [0.1, 0.15) is 24.7 Å². The van der Waals surface area contributed by atoms with Crippen LogP contribution in [-0.2, 0) is 4.74 Å². The number of benzene rings is 2. The number of carbonyl (C=O) groups is 1. The number of carbonyl (C=O) groups excluding carboxylic acids is 1. The third-order valence-electron chi connectivity index (χ3n) is 3.44. The summed E-state index contributed by atoms with van der Waals surface area (Å²) in [7, 11) is 0. The number of hydrogen-bond donors (Lipinski definition) is 1. The molecule has 0 atom stereocenters. The summed E-state index contributed by atoms with van der Waals surface area (Å²) in [5.41, 5.74) is 2.45. The van der Waals surface area contributed by atoms with Gasteiger partial charge in [0.2, 0.25) is 0 Å². The van der Waals surface area contributed by atoms with Gasteiger partial charge in [-0.2, -0.15) is 10.4 Å². The number of esters is 1. The fourth-order valence-electron chi connectivity index (χ4n) is 2.18. The Kier molecular flexibility index (Phi) is 5.07. The van der Waals surface area contributed by atoms with E-state index >= 15 is 0 Å². The number of hydrogen-bond acceptors (Lipinski definition) is 5. The molecule has 1 aromatic heterocycles. The van der Waals surface area contributed by atoms with Crippen LogP contribution < -0.4 is 4.74 Å². The molecule has 0 spiro atoms. The van der Waals surface area contributed by atoms with Gasteiger partial charge in [0.05, 0.1) is 17.3 Å². The average Bonchev–Trinajstić information content (AvgIpc) is 3.16. The number of nitriles is 1. The van der Waals surface area contributed by atoms with Crippen LogP contribution in [0.15, 0.2) is 60.7 Å². The van der Waals surface area contributed by atoms with E-state index in [0.29, 0.717) is 17.0 Å². The van der Waals surface area contributed by atoms with Gasteiger partial charge in [-0.15, -0.1) is 0 Å². The maximum atomic E-state index is 12.0. The van der Waals surface area contributed by atoms with Gasteiger partial charge in [0, 0.05) is 5.56 Å². The van der Waals surface area contributed by atoms with E-state index in [4.69, 9.17) is 14.7 Å². The molecule has 1 N–H and O–H groups in total. The van der Waals surface area contributed by atoms with Gasteiger partial charge in [-0.25, -0.2) is 4.79 Å². The lowest BCUT2D eigenvalue weighted by molar-refractivity contribution is 0.0443. The Morgan fingerprint density at radius 2 is 1.84 bits per heavy atom. The molecule has 0 saturated heterocycles. The first-order valence-electron chi connectivity index (χ1n) is 7.67. The van der Waals surface area contributed by atoms with E-state index in [9.17, 15) is 4.79 Å². The van der Waals surface area contributed by atoms with Crippen molar-refractivity contribution >= 4 is 5.97 Å². The highest BCUT2D eigenvalue weighted by molar-refractivity contribution is 5.88. The van der Waals surface area contributed by atoms with Crippen LogP contribution in [-0.4, -0.2) is 29.4 Å². The fraction of sp³-hybridized carbons (Fsp3) is 0.105. The quantitative estimate of drug-likeness (QED) is 0.553. The second-order valence-corrected chi connectivity index (χ2v) is 5.15. The summed E-state index contributed by atoms with van der Waals surface area (Å²) in [6.45, 7) is 0.329. The van der Waals surface area contributed by atoms with Crippen LogP contribution in [0.1, 0.15) is 16.1 Å². The smallest absolute Gasteiger partial charge is 0.356 e. The van der Waals surface area contributed by atoms with E-state index in [1.807, 2.05) is 36.4 Å². The summed E-state index contributed by atoms with van der Waals surface area (Å²) >= 11 is 0. The maximum Gasteiger partial charge on any atom is 0.356 e. The second-order valence-electron chi connectivity index (χ2n) is 5.15. The van der Waals surface area contributed by atoms with E-state index in [-0.39, 0.29) is 18.9 Å². The number of aromatic nitrogens is 2. The first-order valence-corrected chi connectivity index (χ1v) is 7.67. The zero-order valence-corrected chi connectivity index (χ0v) is 13.3. The molecule has 25 heavy (non-hydrogen) atoms. The highest BCUT2D eigenvalue weighted by Crippen LogP contribution is 2.17. The molecule has 0 aliphatic rings. The minimum Gasteiger partial charge on any atom is -0.490 e. The molecule has 0 radical (unpaired) electrons. The second kappa shape index (κ2) is 7.79. The van der Waals surface area contributed by atoms with E-state index < -0.39 is 5.97 Å². The molecule has 0 unspecified atom stereocenters. The molecule has 6 heteroatoms. The van der Waals surface area contributed by atoms with Gasteiger partial charge in [0.25, 0.3) is 0 Å².